The maximum atomic E-state index is 13.9. The van der Waals surface area contributed by atoms with Crippen LogP contribution in [0.4, 0.5) is 4.79 Å². The molecular weight excluding hydrogens is 578 g/mol. The van der Waals surface area contributed by atoms with Crippen LogP contribution in [0.15, 0.2) is 58.2 Å². The molecule has 0 unspecified atom stereocenters. The number of benzene rings is 1. The number of piperidine rings is 2. The molecule has 1 aromatic carbocycles. The zero-order chi connectivity index (χ0) is 28.7. The van der Waals surface area contributed by atoms with Crippen LogP contribution in [0.2, 0.25) is 0 Å². The van der Waals surface area contributed by atoms with E-state index in [4.69, 9.17) is 4.74 Å². The van der Waals surface area contributed by atoms with E-state index in [-0.39, 0.29) is 35.9 Å². The summed E-state index contributed by atoms with van der Waals surface area (Å²) in [7, 11) is 0. The van der Waals surface area contributed by atoms with E-state index < -0.39 is 11.2 Å². The molecule has 0 radical (unpaired) electrons. The molecular formula is C29H36BrN5O5. The highest BCUT2D eigenvalue weighted by Gasteiger charge is 2.42. The van der Waals surface area contributed by atoms with E-state index in [0.29, 0.717) is 55.6 Å². The van der Waals surface area contributed by atoms with Gasteiger partial charge in [0.25, 0.3) is 5.56 Å². The monoisotopic (exact) mass is 613 g/mol. The lowest BCUT2D eigenvalue weighted by Gasteiger charge is -2.43. The van der Waals surface area contributed by atoms with Crippen molar-refractivity contribution in [3.05, 3.63) is 69.3 Å². The van der Waals surface area contributed by atoms with Gasteiger partial charge in [0.2, 0.25) is 5.91 Å². The minimum absolute atomic E-state index is 0.0398. The minimum Gasteiger partial charge on any atom is -0.444 e. The topological polar surface area (TPSA) is 109 Å². The Bertz CT molecular complexity index is 1440. The van der Waals surface area contributed by atoms with Crippen molar-refractivity contribution < 1.29 is 19.4 Å². The lowest BCUT2D eigenvalue weighted by atomic mass is 9.79. The molecule has 3 aromatic rings. The van der Waals surface area contributed by atoms with Crippen molar-refractivity contribution in [2.45, 2.75) is 63.7 Å². The number of rotatable bonds is 4. The SMILES string of the molecule is CC(C)(C)OC(=O)N1CC[C@@H](C(=O)N2CCC(O)(Cn3cnn4c(Br)ccc4c3=O)CC2)[C@H](c2ccccc2)C1. The van der Waals surface area contributed by atoms with E-state index in [1.807, 2.05) is 56.0 Å². The molecule has 2 amide bonds. The van der Waals surface area contributed by atoms with Crippen LogP contribution < -0.4 is 5.56 Å². The highest BCUT2D eigenvalue weighted by atomic mass is 79.9. The number of carbonyl (C=O) groups excluding carboxylic acids is 2. The summed E-state index contributed by atoms with van der Waals surface area (Å²) in [6.07, 6.45) is 2.32. The van der Waals surface area contributed by atoms with Crippen molar-refractivity contribution in [2.24, 2.45) is 5.92 Å². The first-order valence-electron chi connectivity index (χ1n) is 13.7. The van der Waals surface area contributed by atoms with Crippen LogP contribution in [0.5, 0.6) is 0 Å². The number of halogens is 1. The summed E-state index contributed by atoms with van der Waals surface area (Å²) in [6, 6.07) is 13.3. The van der Waals surface area contributed by atoms with E-state index in [1.165, 1.54) is 15.4 Å². The normalized spacial score (nSPS) is 21.4. The molecule has 5 rings (SSSR count). The number of hydrogen-bond acceptors (Lipinski definition) is 6. The van der Waals surface area contributed by atoms with Gasteiger partial charge >= 0.3 is 6.09 Å². The smallest absolute Gasteiger partial charge is 0.410 e. The van der Waals surface area contributed by atoms with Gasteiger partial charge in [-0.15, -0.1) is 0 Å². The predicted octanol–water partition coefficient (Wildman–Crippen LogP) is 3.65. The van der Waals surface area contributed by atoms with E-state index >= 15 is 0 Å². The summed E-state index contributed by atoms with van der Waals surface area (Å²) < 4.78 is 9.25. The van der Waals surface area contributed by atoms with Crippen LogP contribution in [0.1, 0.15) is 51.5 Å². The van der Waals surface area contributed by atoms with E-state index in [0.717, 1.165) is 5.56 Å². The average molecular weight is 615 g/mol. The number of aliphatic hydroxyl groups is 1. The van der Waals surface area contributed by atoms with Crippen molar-refractivity contribution in [3.63, 3.8) is 0 Å². The van der Waals surface area contributed by atoms with E-state index in [1.54, 1.807) is 17.0 Å². The predicted molar refractivity (Wildman–Crippen MR) is 153 cm³/mol. The van der Waals surface area contributed by atoms with E-state index in [2.05, 4.69) is 21.0 Å². The molecule has 2 aliphatic rings. The van der Waals surface area contributed by atoms with Crippen LogP contribution >= 0.6 is 15.9 Å². The standard InChI is InChI=1S/C29H36BrN5O5/c1-28(2,3)40-27(38)33-14-11-21(22(17-33)20-7-5-4-6-8-20)25(36)32-15-12-29(39,13-16-32)18-34-19-31-35-23(26(34)37)9-10-24(35)30/h4-10,19,21-22,39H,11-18H2,1-3H3/t21-,22+/m1/s1. The fraction of sp³-hybridized carbons (Fsp3) is 0.517. The second kappa shape index (κ2) is 11.0. The van der Waals surface area contributed by atoms with Gasteiger partial charge in [0, 0.05) is 38.0 Å². The Kier molecular flexibility index (Phi) is 7.80. The van der Waals surface area contributed by atoms with Gasteiger partial charge in [-0.1, -0.05) is 30.3 Å². The Morgan fingerprint density at radius 1 is 1.07 bits per heavy atom. The van der Waals surface area contributed by atoms with Crippen molar-refractivity contribution >= 4 is 33.4 Å². The highest BCUT2D eigenvalue weighted by molar-refractivity contribution is 9.10. The molecule has 11 heteroatoms. The highest BCUT2D eigenvalue weighted by Crippen LogP contribution is 2.36. The summed E-state index contributed by atoms with van der Waals surface area (Å²) in [4.78, 5) is 43.1. The summed E-state index contributed by atoms with van der Waals surface area (Å²) in [5.74, 6) is -0.402. The maximum absolute atomic E-state index is 13.9. The van der Waals surface area contributed by atoms with Crippen LogP contribution in [-0.4, -0.2) is 78.5 Å². The number of fused-ring (bicyclic) bond motifs is 1. The molecule has 4 heterocycles. The first-order valence-corrected chi connectivity index (χ1v) is 14.5. The molecule has 0 aliphatic carbocycles. The number of likely N-dealkylation sites (tertiary alicyclic amines) is 2. The van der Waals surface area contributed by atoms with Gasteiger partial charge in [0.05, 0.1) is 12.1 Å². The molecule has 2 aromatic heterocycles. The lowest BCUT2D eigenvalue weighted by molar-refractivity contribution is -0.142. The molecule has 40 heavy (non-hydrogen) atoms. The Balaban J connectivity index is 1.27. The third-order valence-corrected chi connectivity index (χ3v) is 8.48. The molecule has 2 aliphatic heterocycles. The van der Waals surface area contributed by atoms with Crippen molar-refractivity contribution in [3.8, 4) is 0 Å². The number of ether oxygens (including phenoxy) is 1. The Hall–Kier alpha value is -3.18. The quantitative estimate of drug-likeness (QED) is 0.481. The summed E-state index contributed by atoms with van der Waals surface area (Å²) >= 11 is 3.37. The Morgan fingerprint density at radius 3 is 2.45 bits per heavy atom. The van der Waals surface area contributed by atoms with Gasteiger partial charge in [0.15, 0.2) is 0 Å². The van der Waals surface area contributed by atoms with Crippen LogP contribution in [0.3, 0.4) is 0 Å². The average Bonchev–Trinajstić information content (AvgIpc) is 3.30. The van der Waals surface area contributed by atoms with Gasteiger partial charge in [-0.3, -0.25) is 14.2 Å². The third-order valence-electron chi connectivity index (χ3n) is 7.88. The molecule has 0 bridgehead atoms. The minimum atomic E-state index is -1.12. The van der Waals surface area contributed by atoms with Gasteiger partial charge in [-0.25, -0.2) is 9.31 Å². The maximum Gasteiger partial charge on any atom is 0.410 e. The van der Waals surface area contributed by atoms with Gasteiger partial charge in [-0.05, 0) is 73.7 Å². The Labute approximate surface area is 241 Å². The lowest BCUT2D eigenvalue weighted by Crippen LogP contribution is -2.53. The molecule has 1 N–H and O–H groups in total. The molecule has 2 atom stereocenters. The summed E-state index contributed by atoms with van der Waals surface area (Å²) in [5, 5.41) is 15.7. The molecule has 2 fully saturated rings. The molecule has 0 saturated carbocycles. The number of hydrogen-bond donors (Lipinski definition) is 1. The molecule has 214 valence electrons. The Morgan fingerprint density at radius 2 is 1.77 bits per heavy atom. The molecule has 10 nitrogen and oxygen atoms in total. The number of aromatic nitrogens is 3. The van der Waals surface area contributed by atoms with Crippen LogP contribution in [-0.2, 0) is 16.1 Å². The fourth-order valence-electron chi connectivity index (χ4n) is 5.74. The van der Waals surface area contributed by atoms with Gasteiger partial charge < -0.3 is 19.6 Å². The first kappa shape index (κ1) is 28.4. The number of amides is 2. The molecule has 0 spiro atoms. The summed E-state index contributed by atoms with van der Waals surface area (Å²) in [5.41, 5.74) is -0.501. The van der Waals surface area contributed by atoms with Gasteiger partial charge in [0.1, 0.15) is 22.0 Å². The zero-order valence-electron chi connectivity index (χ0n) is 23.1. The third kappa shape index (κ3) is 5.95. The molecule has 2 saturated heterocycles. The fourth-order valence-corrected chi connectivity index (χ4v) is 6.16. The van der Waals surface area contributed by atoms with Crippen molar-refractivity contribution in [1.82, 2.24) is 24.0 Å². The second-order valence-corrected chi connectivity index (χ2v) is 12.7. The second-order valence-electron chi connectivity index (χ2n) is 11.9. The first-order chi connectivity index (χ1) is 18.9. The summed E-state index contributed by atoms with van der Waals surface area (Å²) in [6.45, 7) is 7.28. The van der Waals surface area contributed by atoms with E-state index in [9.17, 15) is 19.5 Å². The number of nitrogens with zero attached hydrogens (tertiary/aromatic N) is 5. The van der Waals surface area contributed by atoms with Crippen molar-refractivity contribution in [2.75, 3.05) is 26.2 Å². The largest absolute Gasteiger partial charge is 0.444 e. The van der Waals surface area contributed by atoms with Crippen LogP contribution in [0.25, 0.3) is 5.52 Å². The van der Waals surface area contributed by atoms with Crippen LogP contribution in [0, 0.1) is 5.92 Å². The van der Waals surface area contributed by atoms with Gasteiger partial charge in [-0.2, -0.15) is 5.10 Å². The van der Waals surface area contributed by atoms with Crippen molar-refractivity contribution in [1.29, 1.82) is 0 Å². The zero-order valence-corrected chi connectivity index (χ0v) is 24.7. The number of carbonyl (C=O) groups is 2.